The highest BCUT2D eigenvalue weighted by atomic mass is 32.2. The van der Waals surface area contributed by atoms with Gasteiger partial charge >= 0.3 is 12.4 Å². The number of allylic oxidation sites excluding steroid dienone is 1. The van der Waals surface area contributed by atoms with Gasteiger partial charge in [0.05, 0.1) is 11.1 Å². The van der Waals surface area contributed by atoms with Crippen LogP contribution in [-0.2, 0) is 22.2 Å². The number of halogens is 6. The number of nitrogens with one attached hydrogen (secondary N) is 1. The summed E-state index contributed by atoms with van der Waals surface area (Å²) >= 11 is 0. The highest BCUT2D eigenvalue weighted by molar-refractivity contribution is 7.94. The van der Waals surface area contributed by atoms with E-state index in [9.17, 15) is 34.8 Å². The van der Waals surface area contributed by atoms with Gasteiger partial charge in [-0.3, -0.25) is 0 Å². The molecule has 23 heavy (non-hydrogen) atoms. The summed E-state index contributed by atoms with van der Waals surface area (Å²) in [5, 5.41) is 10.6. The van der Waals surface area contributed by atoms with E-state index in [4.69, 9.17) is 5.26 Å². The predicted molar refractivity (Wildman–Crippen MR) is 68.6 cm³/mol. The molecule has 0 aliphatic heterocycles. The smallest absolute Gasteiger partial charge is 0.360 e. The van der Waals surface area contributed by atoms with E-state index in [1.54, 1.807) is 0 Å². The van der Waals surface area contributed by atoms with Crippen LogP contribution in [0.15, 0.2) is 29.3 Å². The zero-order valence-electron chi connectivity index (χ0n) is 11.2. The maximum Gasteiger partial charge on any atom is 0.416 e. The highest BCUT2D eigenvalue weighted by Gasteiger charge is 2.36. The Kier molecular flexibility index (Phi) is 5.00. The second-order valence-electron chi connectivity index (χ2n) is 4.33. The maximum absolute atomic E-state index is 12.6. The van der Waals surface area contributed by atoms with Crippen LogP contribution in [0.3, 0.4) is 0 Å². The molecule has 1 rings (SSSR count). The fourth-order valence-electron chi connectivity index (χ4n) is 1.41. The van der Waals surface area contributed by atoms with E-state index in [2.05, 4.69) is 0 Å². The zero-order valence-corrected chi connectivity index (χ0v) is 12.1. The number of nitrogens with zero attached hydrogens (tertiary/aromatic N) is 1. The molecule has 0 aromatic heterocycles. The molecule has 0 aliphatic carbocycles. The van der Waals surface area contributed by atoms with Crippen molar-refractivity contribution in [2.45, 2.75) is 12.4 Å². The van der Waals surface area contributed by atoms with Crippen molar-refractivity contribution in [3.63, 3.8) is 0 Å². The van der Waals surface area contributed by atoms with Crippen molar-refractivity contribution in [2.24, 2.45) is 0 Å². The largest absolute Gasteiger partial charge is 0.416 e. The lowest BCUT2D eigenvalue weighted by molar-refractivity contribution is -0.143. The van der Waals surface area contributed by atoms with Crippen LogP contribution in [0.2, 0.25) is 0 Å². The molecule has 0 amide bonds. The van der Waals surface area contributed by atoms with Crippen LogP contribution in [0, 0.1) is 11.3 Å². The lowest BCUT2D eigenvalue weighted by Crippen LogP contribution is -2.11. The molecule has 1 aromatic carbocycles. The van der Waals surface area contributed by atoms with Gasteiger partial charge in [-0.15, -0.1) is 0 Å². The Morgan fingerprint density at radius 2 is 1.52 bits per heavy atom. The summed E-state index contributed by atoms with van der Waals surface area (Å²) in [5.41, 5.74) is -3.80. The zero-order chi connectivity index (χ0) is 18.1. The molecule has 0 aliphatic rings. The van der Waals surface area contributed by atoms with Gasteiger partial charge < -0.3 is 5.32 Å². The number of benzene rings is 1. The third kappa shape index (κ3) is 5.17. The summed E-state index contributed by atoms with van der Waals surface area (Å²) in [6, 6.07) is 1.92. The highest BCUT2D eigenvalue weighted by Crippen LogP contribution is 2.37. The van der Waals surface area contributed by atoms with Crippen LogP contribution in [-0.4, -0.2) is 14.7 Å². The Hall–Kier alpha value is -2.22. The summed E-state index contributed by atoms with van der Waals surface area (Å²) < 4.78 is 98.1. The van der Waals surface area contributed by atoms with Gasteiger partial charge in [-0.25, -0.2) is 8.42 Å². The Morgan fingerprint density at radius 1 is 1.09 bits per heavy atom. The van der Waals surface area contributed by atoms with Crippen molar-refractivity contribution in [2.75, 3.05) is 11.6 Å². The number of hydrogen-bond acceptors (Lipinski definition) is 4. The first-order valence-corrected chi connectivity index (χ1v) is 7.50. The number of hydrogen-bond donors (Lipinski definition) is 1. The van der Waals surface area contributed by atoms with Gasteiger partial charge in [-0.1, -0.05) is 0 Å². The van der Waals surface area contributed by atoms with Crippen LogP contribution in [0.4, 0.5) is 32.0 Å². The molecule has 11 heteroatoms. The summed E-state index contributed by atoms with van der Waals surface area (Å²) in [7, 11) is -3.97. The summed E-state index contributed by atoms with van der Waals surface area (Å²) in [4.78, 5) is -0.844. The van der Waals surface area contributed by atoms with Crippen molar-refractivity contribution in [1.29, 1.82) is 5.26 Å². The summed E-state index contributed by atoms with van der Waals surface area (Å²) in [5.74, 6) is 0. The molecular formula is C12H8F6N2O2S. The number of nitriles is 1. The van der Waals surface area contributed by atoms with Gasteiger partial charge in [0.1, 0.15) is 6.07 Å². The van der Waals surface area contributed by atoms with E-state index in [0.29, 0.717) is 24.6 Å². The first-order valence-electron chi connectivity index (χ1n) is 5.61. The average Bonchev–Trinajstić information content (AvgIpc) is 2.35. The topological polar surface area (TPSA) is 70.0 Å². The molecule has 126 valence electrons. The summed E-state index contributed by atoms with van der Waals surface area (Å²) in [6.45, 7) is 0. The quantitative estimate of drug-likeness (QED) is 0.663. The summed E-state index contributed by atoms with van der Waals surface area (Å²) in [6.07, 6.45) is -8.88. The molecule has 0 unspecified atom stereocenters. The van der Waals surface area contributed by atoms with E-state index in [1.165, 1.54) is 6.07 Å². The number of alkyl halides is 6. The van der Waals surface area contributed by atoms with Gasteiger partial charge in [0.25, 0.3) is 0 Å². The fourth-order valence-corrected chi connectivity index (χ4v) is 1.85. The molecule has 0 spiro atoms. The van der Waals surface area contributed by atoms with Crippen molar-refractivity contribution in [3.8, 4) is 6.07 Å². The SMILES string of the molecule is CS(=O)(=O)/C(C#N)=C/Nc1cc(C(F)(F)F)cc(C(F)(F)F)c1. The Labute approximate surface area is 126 Å². The molecule has 0 radical (unpaired) electrons. The fraction of sp³-hybridized carbons (Fsp3) is 0.250. The first kappa shape index (κ1) is 18.8. The minimum atomic E-state index is -5.03. The molecule has 4 nitrogen and oxygen atoms in total. The van der Waals surface area contributed by atoms with E-state index >= 15 is 0 Å². The standard InChI is InChI=1S/C12H8F6N2O2S/c1-23(21,22)10(5-19)6-20-9-3-7(11(13,14)15)2-8(4-9)12(16,17)18/h2-4,6,20H,1H3/b10-6+. The van der Waals surface area contributed by atoms with Crippen molar-refractivity contribution < 1.29 is 34.8 Å². The van der Waals surface area contributed by atoms with Crippen LogP contribution in [0.5, 0.6) is 0 Å². The lowest BCUT2D eigenvalue weighted by atomic mass is 10.1. The molecule has 0 heterocycles. The molecule has 0 bridgehead atoms. The minimum absolute atomic E-state index is 0.0728. The average molecular weight is 358 g/mol. The molecule has 0 atom stereocenters. The van der Waals surface area contributed by atoms with Crippen LogP contribution < -0.4 is 5.32 Å². The lowest BCUT2D eigenvalue weighted by Gasteiger charge is -2.14. The second kappa shape index (κ2) is 6.11. The first-order chi connectivity index (χ1) is 10.2. The van der Waals surface area contributed by atoms with Crippen molar-refractivity contribution in [3.05, 3.63) is 40.4 Å². The Balaban J connectivity index is 3.38. The van der Waals surface area contributed by atoms with Gasteiger partial charge in [-0.2, -0.15) is 31.6 Å². The Bertz CT molecular complexity index is 740. The Morgan fingerprint density at radius 3 is 1.83 bits per heavy atom. The third-order valence-corrected chi connectivity index (χ3v) is 3.48. The third-order valence-electron chi connectivity index (χ3n) is 2.47. The minimum Gasteiger partial charge on any atom is -0.360 e. The van der Waals surface area contributed by atoms with Gasteiger partial charge in [0.15, 0.2) is 14.7 Å². The number of anilines is 1. The molecule has 0 saturated heterocycles. The normalized spacial score (nSPS) is 13.6. The van der Waals surface area contributed by atoms with E-state index in [0.717, 1.165) is 0 Å². The van der Waals surface area contributed by atoms with Crippen LogP contribution >= 0.6 is 0 Å². The molecular weight excluding hydrogens is 350 g/mol. The van der Waals surface area contributed by atoms with Gasteiger partial charge in [0, 0.05) is 18.1 Å². The van der Waals surface area contributed by atoms with Gasteiger partial charge in [-0.05, 0) is 18.2 Å². The van der Waals surface area contributed by atoms with E-state index in [1.807, 2.05) is 5.32 Å². The number of rotatable bonds is 3. The van der Waals surface area contributed by atoms with Crippen LogP contribution in [0.1, 0.15) is 11.1 Å². The maximum atomic E-state index is 12.6. The van der Waals surface area contributed by atoms with E-state index < -0.39 is 43.9 Å². The predicted octanol–water partition coefficient (Wildman–Crippen LogP) is 3.55. The van der Waals surface area contributed by atoms with Crippen molar-refractivity contribution in [1.82, 2.24) is 0 Å². The molecule has 1 N–H and O–H groups in total. The molecule has 0 fully saturated rings. The molecule has 1 aromatic rings. The second-order valence-corrected chi connectivity index (χ2v) is 6.32. The van der Waals surface area contributed by atoms with E-state index in [-0.39, 0.29) is 6.07 Å². The van der Waals surface area contributed by atoms with Crippen molar-refractivity contribution >= 4 is 15.5 Å². The monoisotopic (exact) mass is 358 g/mol. The van der Waals surface area contributed by atoms with Gasteiger partial charge in [0.2, 0.25) is 0 Å². The van der Waals surface area contributed by atoms with Crippen LogP contribution in [0.25, 0.3) is 0 Å². The number of sulfone groups is 1. The molecule has 0 saturated carbocycles.